The molecule has 88 valence electrons. The van der Waals surface area contributed by atoms with Gasteiger partial charge < -0.3 is 10.4 Å². The Morgan fingerprint density at radius 3 is 2.88 bits per heavy atom. The first kappa shape index (κ1) is 12.6. The van der Waals surface area contributed by atoms with Gasteiger partial charge >= 0.3 is 11.0 Å². The van der Waals surface area contributed by atoms with Crippen molar-refractivity contribution in [2.45, 2.75) is 19.4 Å². The number of hydrogen-bond acceptors (Lipinski definition) is 5. The van der Waals surface area contributed by atoms with Crippen molar-refractivity contribution in [2.75, 3.05) is 6.54 Å². The second-order valence-corrected chi connectivity index (χ2v) is 4.52. The lowest BCUT2D eigenvalue weighted by molar-refractivity contribution is -0.380. The number of carboxylic acid groups (broad SMARTS) is 1. The smallest absolute Gasteiger partial charge is 0.324 e. The molecule has 0 radical (unpaired) electrons. The number of hydrogen-bond donors (Lipinski definition) is 2. The van der Waals surface area contributed by atoms with Crippen molar-refractivity contribution in [3.8, 4) is 0 Å². The summed E-state index contributed by atoms with van der Waals surface area (Å²) in [5.74, 6) is -0.913. The van der Waals surface area contributed by atoms with Crippen LogP contribution in [0.1, 0.15) is 11.8 Å². The monoisotopic (exact) mass is 244 g/mol. The van der Waals surface area contributed by atoms with Crippen molar-refractivity contribution < 1.29 is 14.8 Å². The topological polar surface area (TPSA) is 92.5 Å². The molecule has 1 aromatic rings. The summed E-state index contributed by atoms with van der Waals surface area (Å²) in [6, 6.07) is 3.14. The second kappa shape index (κ2) is 5.57. The fourth-order valence-electron chi connectivity index (χ4n) is 1.21. The van der Waals surface area contributed by atoms with Crippen molar-refractivity contribution in [1.82, 2.24) is 5.32 Å². The molecule has 1 rings (SSSR count). The number of nitrogens with zero attached hydrogens (tertiary/aromatic N) is 1. The maximum atomic E-state index is 10.4. The van der Waals surface area contributed by atoms with Crippen molar-refractivity contribution in [1.29, 1.82) is 0 Å². The van der Waals surface area contributed by atoms with Crippen LogP contribution in [0.15, 0.2) is 12.1 Å². The summed E-state index contributed by atoms with van der Waals surface area (Å²) in [5.41, 5.74) is 0. The SMILES string of the molecule is CC(Cc1ccc([N+](=O)[O-])s1)NCC(=O)O. The van der Waals surface area contributed by atoms with E-state index in [2.05, 4.69) is 5.32 Å². The fraction of sp³-hybridized carbons (Fsp3) is 0.444. The molecule has 0 aliphatic carbocycles. The minimum absolute atomic E-state index is 0.0191. The van der Waals surface area contributed by atoms with Gasteiger partial charge in [-0.15, -0.1) is 0 Å². The van der Waals surface area contributed by atoms with Crippen molar-refractivity contribution in [2.24, 2.45) is 0 Å². The molecule has 1 unspecified atom stereocenters. The lowest BCUT2D eigenvalue weighted by atomic mass is 10.2. The highest BCUT2D eigenvalue weighted by atomic mass is 32.1. The van der Waals surface area contributed by atoms with Gasteiger partial charge in [-0.1, -0.05) is 11.3 Å². The first-order valence-corrected chi connectivity index (χ1v) is 5.49. The molecule has 0 saturated heterocycles. The molecule has 0 fully saturated rings. The standard InChI is InChI=1S/C9H12N2O4S/c1-6(10-5-9(12)13)4-7-2-3-8(16-7)11(14)15/h2-3,6,10H,4-5H2,1H3,(H,12,13). The van der Waals surface area contributed by atoms with Crippen molar-refractivity contribution in [3.63, 3.8) is 0 Å². The predicted molar refractivity (Wildman–Crippen MR) is 59.8 cm³/mol. The van der Waals surface area contributed by atoms with Crippen LogP contribution >= 0.6 is 11.3 Å². The van der Waals surface area contributed by atoms with Gasteiger partial charge in [0.25, 0.3) is 0 Å². The van der Waals surface area contributed by atoms with E-state index in [1.165, 1.54) is 6.07 Å². The molecule has 6 nitrogen and oxygen atoms in total. The normalized spacial score (nSPS) is 12.3. The van der Waals surface area contributed by atoms with E-state index in [0.717, 1.165) is 16.2 Å². The summed E-state index contributed by atoms with van der Waals surface area (Å²) in [6.07, 6.45) is 0.589. The third kappa shape index (κ3) is 3.95. The van der Waals surface area contributed by atoms with E-state index < -0.39 is 10.9 Å². The van der Waals surface area contributed by atoms with E-state index in [4.69, 9.17) is 5.11 Å². The molecule has 0 spiro atoms. The van der Waals surface area contributed by atoms with Crippen LogP contribution in [0.4, 0.5) is 5.00 Å². The highest BCUT2D eigenvalue weighted by Crippen LogP contribution is 2.24. The van der Waals surface area contributed by atoms with Gasteiger partial charge in [0.15, 0.2) is 0 Å². The van der Waals surface area contributed by atoms with Crippen LogP contribution in [0.2, 0.25) is 0 Å². The summed E-state index contributed by atoms with van der Waals surface area (Å²) >= 11 is 1.12. The largest absolute Gasteiger partial charge is 0.480 e. The molecule has 0 aliphatic heterocycles. The van der Waals surface area contributed by atoms with E-state index in [9.17, 15) is 14.9 Å². The van der Waals surface area contributed by atoms with Crippen LogP contribution in [0, 0.1) is 10.1 Å². The molecule has 1 atom stereocenters. The first-order chi connectivity index (χ1) is 7.49. The summed E-state index contributed by atoms with van der Waals surface area (Å²) in [5, 5.41) is 21.8. The lowest BCUT2D eigenvalue weighted by Gasteiger charge is -2.09. The zero-order valence-corrected chi connectivity index (χ0v) is 9.49. The number of thiophene rings is 1. The number of nitro groups is 1. The molecule has 16 heavy (non-hydrogen) atoms. The van der Waals surface area contributed by atoms with E-state index in [-0.39, 0.29) is 17.6 Å². The lowest BCUT2D eigenvalue weighted by Crippen LogP contribution is -2.32. The van der Waals surface area contributed by atoms with Crippen LogP contribution in [-0.4, -0.2) is 28.6 Å². The van der Waals surface area contributed by atoms with Crippen LogP contribution in [0.5, 0.6) is 0 Å². The van der Waals surface area contributed by atoms with Crippen molar-refractivity contribution >= 4 is 22.3 Å². The number of rotatable bonds is 6. The highest BCUT2D eigenvalue weighted by Gasteiger charge is 2.12. The van der Waals surface area contributed by atoms with Gasteiger partial charge in [-0.3, -0.25) is 14.9 Å². The Morgan fingerprint density at radius 2 is 2.38 bits per heavy atom. The Morgan fingerprint density at radius 1 is 1.69 bits per heavy atom. The fourth-order valence-corrected chi connectivity index (χ4v) is 2.16. The average Bonchev–Trinajstić information content (AvgIpc) is 2.63. The number of nitrogens with one attached hydrogen (secondary N) is 1. The van der Waals surface area contributed by atoms with Crippen LogP contribution < -0.4 is 5.32 Å². The minimum Gasteiger partial charge on any atom is -0.480 e. The van der Waals surface area contributed by atoms with Gasteiger partial charge in [0.1, 0.15) is 0 Å². The molecule has 0 bridgehead atoms. The maximum Gasteiger partial charge on any atom is 0.324 e. The van der Waals surface area contributed by atoms with Crippen LogP contribution in [0.3, 0.4) is 0 Å². The van der Waals surface area contributed by atoms with Gasteiger partial charge in [0.05, 0.1) is 11.5 Å². The molecule has 0 amide bonds. The Hall–Kier alpha value is -1.47. The molecule has 7 heteroatoms. The van der Waals surface area contributed by atoms with E-state index in [1.807, 2.05) is 6.92 Å². The molecule has 0 saturated carbocycles. The summed E-state index contributed by atoms with van der Waals surface area (Å²) in [6.45, 7) is 1.74. The highest BCUT2D eigenvalue weighted by molar-refractivity contribution is 7.15. The molecular weight excluding hydrogens is 232 g/mol. The van der Waals surface area contributed by atoms with Gasteiger partial charge in [-0.2, -0.15) is 0 Å². The Labute approximate surface area is 96.1 Å². The molecule has 1 heterocycles. The van der Waals surface area contributed by atoms with Crippen LogP contribution in [-0.2, 0) is 11.2 Å². The molecule has 0 aromatic carbocycles. The average molecular weight is 244 g/mol. The zero-order chi connectivity index (χ0) is 12.1. The summed E-state index contributed by atoms with van der Waals surface area (Å²) in [7, 11) is 0. The summed E-state index contributed by atoms with van der Waals surface area (Å²) < 4.78 is 0. The first-order valence-electron chi connectivity index (χ1n) is 4.67. The maximum absolute atomic E-state index is 10.4. The number of aliphatic carboxylic acids is 1. The van der Waals surface area contributed by atoms with Gasteiger partial charge in [-0.05, 0) is 19.4 Å². The Bertz CT molecular complexity index is 391. The Kier molecular flexibility index (Phi) is 4.39. The Balaban J connectivity index is 2.46. The van der Waals surface area contributed by atoms with Crippen LogP contribution in [0.25, 0.3) is 0 Å². The van der Waals surface area contributed by atoms with E-state index in [0.29, 0.717) is 6.42 Å². The molecule has 0 aliphatic rings. The third-order valence-corrected chi connectivity index (χ3v) is 3.00. The molecule has 2 N–H and O–H groups in total. The molecule has 1 aromatic heterocycles. The van der Waals surface area contributed by atoms with Gasteiger partial charge in [0.2, 0.25) is 0 Å². The molecular formula is C9H12N2O4S. The van der Waals surface area contributed by atoms with E-state index in [1.54, 1.807) is 6.07 Å². The van der Waals surface area contributed by atoms with Gasteiger partial charge in [0, 0.05) is 17.0 Å². The number of carbonyl (C=O) groups is 1. The third-order valence-electron chi connectivity index (χ3n) is 1.94. The van der Waals surface area contributed by atoms with Crippen molar-refractivity contribution in [3.05, 3.63) is 27.1 Å². The minimum atomic E-state index is -0.913. The predicted octanol–water partition coefficient (Wildman–Crippen LogP) is 1.26. The zero-order valence-electron chi connectivity index (χ0n) is 8.67. The van der Waals surface area contributed by atoms with E-state index >= 15 is 0 Å². The number of carboxylic acids is 1. The second-order valence-electron chi connectivity index (χ2n) is 3.38. The van der Waals surface area contributed by atoms with Gasteiger partial charge in [-0.25, -0.2) is 0 Å². The summed E-state index contributed by atoms with van der Waals surface area (Å²) in [4.78, 5) is 21.2. The quantitative estimate of drug-likeness (QED) is 0.580.